The van der Waals surface area contributed by atoms with Gasteiger partial charge in [0.1, 0.15) is 18.2 Å². The van der Waals surface area contributed by atoms with Gasteiger partial charge < -0.3 is 19.5 Å². The molecule has 0 bridgehead atoms. The fourth-order valence-electron chi connectivity index (χ4n) is 3.92. The molecule has 1 saturated heterocycles. The summed E-state index contributed by atoms with van der Waals surface area (Å²) >= 11 is 0. The monoisotopic (exact) mass is 426 g/mol. The van der Waals surface area contributed by atoms with E-state index in [9.17, 15) is 4.79 Å². The van der Waals surface area contributed by atoms with Crippen molar-refractivity contribution in [3.63, 3.8) is 0 Å². The Bertz CT molecular complexity index is 1210. The molecule has 0 radical (unpaired) electrons. The Morgan fingerprint density at radius 3 is 2.47 bits per heavy atom. The molecular weight excluding hydrogens is 400 g/mol. The molecule has 6 heteroatoms. The van der Waals surface area contributed by atoms with Crippen LogP contribution in [0.25, 0.3) is 22.4 Å². The van der Waals surface area contributed by atoms with Gasteiger partial charge in [-0.05, 0) is 55.1 Å². The summed E-state index contributed by atoms with van der Waals surface area (Å²) in [6.07, 6.45) is 0. The van der Waals surface area contributed by atoms with Gasteiger partial charge in [-0.3, -0.25) is 4.79 Å². The van der Waals surface area contributed by atoms with Gasteiger partial charge in [-0.2, -0.15) is 0 Å². The Hall–Kier alpha value is -3.64. The first kappa shape index (κ1) is 20.3. The lowest BCUT2D eigenvalue weighted by molar-refractivity contribution is 0.0664. The Labute approximate surface area is 187 Å². The second kappa shape index (κ2) is 8.85. The molecule has 0 aliphatic carbocycles. The van der Waals surface area contributed by atoms with Gasteiger partial charge in [0.2, 0.25) is 0 Å². The molecule has 6 nitrogen and oxygen atoms in total. The maximum atomic E-state index is 12.9. The first-order chi connectivity index (χ1) is 15.7. The van der Waals surface area contributed by atoms with Crippen LogP contribution in [0, 0.1) is 0 Å². The van der Waals surface area contributed by atoms with Crippen LogP contribution in [0.2, 0.25) is 0 Å². The van der Waals surface area contributed by atoms with Crippen molar-refractivity contribution in [3.8, 4) is 17.1 Å². The number of hydrogen-bond donors (Lipinski definition) is 1. The first-order valence-corrected chi connectivity index (χ1v) is 10.9. The van der Waals surface area contributed by atoms with Gasteiger partial charge in [0, 0.05) is 37.3 Å². The van der Waals surface area contributed by atoms with Gasteiger partial charge in [-0.25, -0.2) is 4.98 Å². The number of aromatic amines is 1. The number of amides is 1. The molecule has 4 aromatic rings. The second-order valence-corrected chi connectivity index (χ2v) is 8.21. The Morgan fingerprint density at radius 1 is 0.969 bits per heavy atom. The highest BCUT2D eigenvalue weighted by Crippen LogP contribution is 2.24. The van der Waals surface area contributed by atoms with E-state index >= 15 is 0 Å². The van der Waals surface area contributed by atoms with E-state index in [1.165, 1.54) is 0 Å². The summed E-state index contributed by atoms with van der Waals surface area (Å²) in [4.78, 5) is 25.1. The average molecular weight is 427 g/mol. The summed E-state index contributed by atoms with van der Waals surface area (Å²) in [5.41, 5.74) is 4.52. The number of benzene rings is 3. The zero-order valence-electron chi connectivity index (χ0n) is 18.1. The summed E-state index contributed by atoms with van der Waals surface area (Å²) in [6.45, 7) is 3.88. The minimum Gasteiger partial charge on any atom is -0.489 e. The quantitative estimate of drug-likeness (QED) is 0.520. The Kier molecular flexibility index (Phi) is 5.60. The van der Waals surface area contributed by atoms with Crippen LogP contribution >= 0.6 is 0 Å². The van der Waals surface area contributed by atoms with E-state index in [-0.39, 0.29) is 5.91 Å². The molecule has 32 heavy (non-hydrogen) atoms. The normalized spacial score (nSPS) is 14.6. The predicted octanol–water partition coefficient (Wildman–Crippen LogP) is 4.20. The lowest BCUT2D eigenvalue weighted by Gasteiger charge is -2.32. The van der Waals surface area contributed by atoms with E-state index in [1.54, 1.807) is 0 Å². The van der Waals surface area contributed by atoms with Crippen molar-refractivity contribution in [1.29, 1.82) is 0 Å². The SMILES string of the molecule is CN1CCN(C(=O)c2ccc3nc(-c4ccc(OCc5ccccc5)cc4)[nH]c3c2)CC1. The number of aromatic nitrogens is 2. The van der Waals surface area contributed by atoms with Gasteiger partial charge >= 0.3 is 0 Å². The molecule has 1 amide bonds. The predicted molar refractivity (Wildman–Crippen MR) is 126 cm³/mol. The minimum atomic E-state index is 0.0797. The van der Waals surface area contributed by atoms with Crippen LogP contribution in [0.4, 0.5) is 0 Å². The third-order valence-electron chi connectivity index (χ3n) is 5.90. The van der Waals surface area contributed by atoms with E-state index in [0.717, 1.165) is 59.9 Å². The number of nitrogens with zero attached hydrogens (tertiary/aromatic N) is 3. The van der Waals surface area contributed by atoms with Gasteiger partial charge in [0.25, 0.3) is 5.91 Å². The van der Waals surface area contributed by atoms with Crippen LogP contribution in [0.5, 0.6) is 5.75 Å². The van der Waals surface area contributed by atoms with Crippen LogP contribution in [0.3, 0.4) is 0 Å². The number of nitrogens with one attached hydrogen (secondary N) is 1. The Morgan fingerprint density at radius 2 is 1.72 bits per heavy atom. The van der Waals surface area contributed by atoms with Gasteiger partial charge in [-0.15, -0.1) is 0 Å². The molecule has 1 aliphatic rings. The molecule has 0 unspecified atom stereocenters. The standard InChI is InChI=1S/C26H26N4O2/c1-29-13-15-30(16-14-29)26(31)21-9-12-23-24(17-21)28-25(27-23)20-7-10-22(11-8-20)32-18-19-5-3-2-4-6-19/h2-12,17H,13-16,18H2,1H3,(H,27,28). The lowest BCUT2D eigenvalue weighted by Crippen LogP contribution is -2.47. The zero-order chi connectivity index (χ0) is 21.9. The summed E-state index contributed by atoms with van der Waals surface area (Å²) in [5.74, 6) is 1.67. The largest absolute Gasteiger partial charge is 0.489 e. The topological polar surface area (TPSA) is 61.5 Å². The van der Waals surface area contributed by atoms with E-state index in [4.69, 9.17) is 9.72 Å². The van der Waals surface area contributed by atoms with Gasteiger partial charge in [-0.1, -0.05) is 30.3 Å². The maximum absolute atomic E-state index is 12.9. The fourth-order valence-corrected chi connectivity index (χ4v) is 3.92. The number of likely N-dealkylation sites (N-methyl/N-ethyl adjacent to an activating group) is 1. The summed E-state index contributed by atoms with van der Waals surface area (Å²) < 4.78 is 5.87. The molecular formula is C26H26N4O2. The number of fused-ring (bicyclic) bond motifs is 1. The third-order valence-corrected chi connectivity index (χ3v) is 5.90. The first-order valence-electron chi connectivity index (χ1n) is 10.9. The van der Waals surface area contributed by atoms with Crippen LogP contribution in [0.1, 0.15) is 15.9 Å². The van der Waals surface area contributed by atoms with E-state index in [1.807, 2.05) is 77.7 Å². The summed E-state index contributed by atoms with van der Waals surface area (Å²) in [6, 6.07) is 23.7. The van der Waals surface area contributed by atoms with Crippen molar-refractivity contribution in [1.82, 2.24) is 19.8 Å². The highest BCUT2D eigenvalue weighted by atomic mass is 16.5. The number of ether oxygens (including phenoxy) is 1. The highest BCUT2D eigenvalue weighted by molar-refractivity contribution is 5.97. The van der Waals surface area contributed by atoms with E-state index in [0.29, 0.717) is 12.2 Å². The van der Waals surface area contributed by atoms with Crippen LogP contribution in [-0.4, -0.2) is 58.9 Å². The van der Waals surface area contributed by atoms with Crippen LogP contribution < -0.4 is 4.74 Å². The molecule has 3 aromatic carbocycles. The maximum Gasteiger partial charge on any atom is 0.254 e. The number of carbonyl (C=O) groups excluding carboxylic acids is 1. The molecule has 0 spiro atoms. The third kappa shape index (κ3) is 4.36. The van der Waals surface area contributed by atoms with Crippen LogP contribution in [0.15, 0.2) is 72.8 Å². The molecule has 5 rings (SSSR count). The minimum absolute atomic E-state index is 0.0797. The van der Waals surface area contributed by atoms with Gasteiger partial charge in [0.15, 0.2) is 0 Å². The number of carbonyl (C=O) groups is 1. The lowest BCUT2D eigenvalue weighted by atomic mass is 10.1. The molecule has 1 aromatic heterocycles. The Balaban J connectivity index is 1.30. The second-order valence-electron chi connectivity index (χ2n) is 8.21. The molecule has 0 atom stereocenters. The van der Waals surface area contributed by atoms with Crippen molar-refractivity contribution >= 4 is 16.9 Å². The number of rotatable bonds is 5. The number of imidazole rings is 1. The van der Waals surface area contributed by atoms with Crippen molar-refractivity contribution in [2.75, 3.05) is 33.2 Å². The zero-order valence-corrected chi connectivity index (χ0v) is 18.1. The molecule has 2 heterocycles. The molecule has 162 valence electrons. The highest BCUT2D eigenvalue weighted by Gasteiger charge is 2.21. The number of piperazine rings is 1. The molecule has 1 N–H and O–H groups in total. The molecule has 1 aliphatic heterocycles. The summed E-state index contributed by atoms with van der Waals surface area (Å²) in [5, 5.41) is 0. The fraction of sp³-hybridized carbons (Fsp3) is 0.231. The van der Waals surface area contributed by atoms with Crippen molar-refractivity contribution < 1.29 is 9.53 Å². The smallest absolute Gasteiger partial charge is 0.254 e. The van der Waals surface area contributed by atoms with Crippen LogP contribution in [-0.2, 0) is 6.61 Å². The molecule has 0 saturated carbocycles. The van der Waals surface area contributed by atoms with Gasteiger partial charge in [0.05, 0.1) is 11.0 Å². The summed E-state index contributed by atoms with van der Waals surface area (Å²) in [7, 11) is 2.09. The average Bonchev–Trinajstić information content (AvgIpc) is 3.27. The van der Waals surface area contributed by atoms with Crippen molar-refractivity contribution in [2.24, 2.45) is 0 Å². The van der Waals surface area contributed by atoms with Crippen molar-refractivity contribution in [3.05, 3.63) is 83.9 Å². The van der Waals surface area contributed by atoms with E-state index < -0.39 is 0 Å². The molecule has 1 fully saturated rings. The van der Waals surface area contributed by atoms with Crippen molar-refractivity contribution in [2.45, 2.75) is 6.61 Å². The van der Waals surface area contributed by atoms with E-state index in [2.05, 4.69) is 16.9 Å². The number of hydrogen-bond acceptors (Lipinski definition) is 4. The number of H-pyrrole nitrogens is 1.